The Kier molecular flexibility index (Phi) is 4.87. The molecule has 0 aromatic heterocycles. The van der Waals surface area contributed by atoms with Crippen LogP contribution in [0.25, 0.3) is 0 Å². The highest BCUT2D eigenvalue weighted by Gasteiger charge is 2.11. The molecular formula is C10H14BrNO3. The number of methoxy groups -OCH3 is 2. The summed E-state index contributed by atoms with van der Waals surface area (Å²) < 4.78 is 11.4. The topological polar surface area (TPSA) is 53.7 Å². The van der Waals surface area contributed by atoms with Crippen molar-refractivity contribution < 1.29 is 14.3 Å². The number of benzene rings is 1. The minimum atomic E-state index is 0.440. The predicted molar refractivity (Wildman–Crippen MR) is 61.1 cm³/mol. The van der Waals surface area contributed by atoms with E-state index in [9.17, 15) is 0 Å². The molecule has 15 heavy (non-hydrogen) atoms. The summed E-state index contributed by atoms with van der Waals surface area (Å²) in [7, 11) is 3.21. The number of nitrogens with two attached hydrogens (primary N) is 1. The molecule has 0 spiro atoms. The molecule has 84 valence electrons. The molecule has 0 unspecified atom stereocenters. The Bertz CT molecular complexity index is 331. The lowest BCUT2D eigenvalue weighted by molar-refractivity contribution is 0.140. The van der Waals surface area contributed by atoms with Crippen LogP contribution in [0, 0.1) is 0 Å². The van der Waals surface area contributed by atoms with Gasteiger partial charge in [-0.3, -0.25) is 0 Å². The molecule has 0 fully saturated rings. The number of hydrogen-bond donors (Lipinski definition) is 1. The SMILES string of the molecule is COc1cc(Br)cc(CCON)c1OC. The van der Waals surface area contributed by atoms with Gasteiger partial charge in [-0.2, -0.15) is 0 Å². The second-order valence-corrected chi connectivity index (χ2v) is 3.84. The van der Waals surface area contributed by atoms with Crippen LogP contribution in [0.5, 0.6) is 11.5 Å². The van der Waals surface area contributed by atoms with Crippen LogP contribution >= 0.6 is 15.9 Å². The zero-order chi connectivity index (χ0) is 11.3. The highest BCUT2D eigenvalue weighted by Crippen LogP contribution is 2.34. The van der Waals surface area contributed by atoms with E-state index < -0.39 is 0 Å². The van der Waals surface area contributed by atoms with E-state index in [2.05, 4.69) is 20.8 Å². The summed E-state index contributed by atoms with van der Waals surface area (Å²) >= 11 is 3.40. The van der Waals surface area contributed by atoms with Gasteiger partial charge in [-0.1, -0.05) is 15.9 Å². The summed E-state index contributed by atoms with van der Waals surface area (Å²) in [6.07, 6.45) is 0.676. The average molecular weight is 276 g/mol. The lowest BCUT2D eigenvalue weighted by Gasteiger charge is -2.13. The predicted octanol–water partition coefficient (Wildman–Crippen LogP) is 1.90. The van der Waals surface area contributed by atoms with Gasteiger partial charge in [0.2, 0.25) is 0 Å². The first-order valence-corrected chi connectivity index (χ1v) is 5.24. The van der Waals surface area contributed by atoms with E-state index in [4.69, 9.17) is 15.4 Å². The molecule has 1 aromatic carbocycles. The minimum Gasteiger partial charge on any atom is -0.493 e. The Morgan fingerprint density at radius 2 is 2.00 bits per heavy atom. The first-order chi connectivity index (χ1) is 7.22. The third-order valence-electron chi connectivity index (χ3n) is 2.01. The van der Waals surface area contributed by atoms with Gasteiger partial charge in [0.1, 0.15) is 0 Å². The van der Waals surface area contributed by atoms with Crippen molar-refractivity contribution >= 4 is 15.9 Å². The van der Waals surface area contributed by atoms with Crippen molar-refractivity contribution in [3.05, 3.63) is 22.2 Å². The Morgan fingerprint density at radius 1 is 1.27 bits per heavy atom. The fraction of sp³-hybridized carbons (Fsp3) is 0.400. The lowest BCUT2D eigenvalue weighted by Crippen LogP contribution is -2.05. The van der Waals surface area contributed by atoms with E-state index in [0.717, 1.165) is 15.8 Å². The Hall–Kier alpha value is -0.780. The summed E-state index contributed by atoms with van der Waals surface area (Å²) in [6.45, 7) is 0.440. The highest BCUT2D eigenvalue weighted by atomic mass is 79.9. The van der Waals surface area contributed by atoms with Gasteiger partial charge in [-0.05, 0) is 12.1 Å². The van der Waals surface area contributed by atoms with Gasteiger partial charge in [0.15, 0.2) is 11.5 Å². The summed E-state index contributed by atoms with van der Waals surface area (Å²) in [5.74, 6) is 6.41. The van der Waals surface area contributed by atoms with Crippen molar-refractivity contribution in [3.8, 4) is 11.5 Å². The summed E-state index contributed by atoms with van der Waals surface area (Å²) in [4.78, 5) is 4.55. The normalized spacial score (nSPS) is 10.1. The molecule has 0 aliphatic rings. The number of rotatable bonds is 5. The van der Waals surface area contributed by atoms with Crippen molar-refractivity contribution in [1.82, 2.24) is 0 Å². The number of hydrogen-bond acceptors (Lipinski definition) is 4. The van der Waals surface area contributed by atoms with Gasteiger partial charge in [0, 0.05) is 16.5 Å². The lowest BCUT2D eigenvalue weighted by atomic mass is 10.1. The van der Waals surface area contributed by atoms with Crippen LogP contribution in [0.4, 0.5) is 0 Å². The summed E-state index contributed by atoms with van der Waals surface area (Å²) in [5.41, 5.74) is 0.995. The monoisotopic (exact) mass is 275 g/mol. The van der Waals surface area contributed by atoms with E-state index >= 15 is 0 Å². The Labute approximate surface area is 97.4 Å². The molecule has 1 aromatic rings. The van der Waals surface area contributed by atoms with Gasteiger partial charge in [-0.15, -0.1) is 0 Å². The van der Waals surface area contributed by atoms with E-state index in [1.165, 1.54) is 0 Å². The number of halogens is 1. The smallest absolute Gasteiger partial charge is 0.164 e. The van der Waals surface area contributed by atoms with Crippen molar-refractivity contribution in [2.24, 2.45) is 5.90 Å². The average Bonchev–Trinajstić information content (AvgIpc) is 2.25. The van der Waals surface area contributed by atoms with Crippen LogP contribution in [0.15, 0.2) is 16.6 Å². The molecule has 5 heteroatoms. The molecule has 1 rings (SSSR count). The molecule has 0 aliphatic carbocycles. The van der Waals surface area contributed by atoms with Crippen LogP contribution in [-0.4, -0.2) is 20.8 Å². The van der Waals surface area contributed by atoms with E-state index in [1.54, 1.807) is 14.2 Å². The molecule has 0 radical (unpaired) electrons. The Balaban J connectivity index is 3.05. The molecule has 2 N–H and O–H groups in total. The fourth-order valence-corrected chi connectivity index (χ4v) is 1.84. The quantitative estimate of drug-likeness (QED) is 0.834. The highest BCUT2D eigenvalue weighted by molar-refractivity contribution is 9.10. The zero-order valence-corrected chi connectivity index (χ0v) is 10.3. The second kappa shape index (κ2) is 5.95. The molecule has 0 atom stereocenters. The zero-order valence-electron chi connectivity index (χ0n) is 8.75. The third kappa shape index (κ3) is 3.09. The maximum Gasteiger partial charge on any atom is 0.164 e. The van der Waals surface area contributed by atoms with Crippen LogP contribution in [0.2, 0.25) is 0 Å². The van der Waals surface area contributed by atoms with Crippen LogP contribution in [0.1, 0.15) is 5.56 Å². The largest absolute Gasteiger partial charge is 0.493 e. The Morgan fingerprint density at radius 3 is 2.53 bits per heavy atom. The van der Waals surface area contributed by atoms with Crippen molar-refractivity contribution in [1.29, 1.82) is 0 Å². The summed E-state index contributed by atoms with van der Waals surface area (Å²) in [6, 6.07) is 3.81. The molecular weight excluding hydrogens is 262 g/mol. The van der Waals surface area contributed by atoms with E-state index in [-0.39, 0.29) is 0 Å². The maximum atomic E-state index is 5.28. The van der Waals surface area contributed by atoms with E-state index in [1.807, 2.05) is 12.1 Å². The molecule has 4 nitrogen and oxygen atoms in total. The minimum absolute atomic E-state index is 0.440. The molecule has 0 saturated heterocycles. The van der Waals surface area contributed by atoms with Gasteiger partial charge >= 0.3 is 0 Å². The molecule has 0 heterocycles. The van der Waals surface area contributed by atoms with Gasteiger partial charge in [0.05, 0.1) is 20.8 Å². The molecule has 0 aliphatic heterocycles. The first kappa shape index (κ1) is 12.3. The van der Waals surface area contributed by atoms with Crippen LogP contribution in [-0.2, 0) is 11.3 Å². The fourth-order valence-electron chi connectivity index (χ4n) is 1.36. The van der Waals surface area contributed by atoms with Gasteiger partial charge < -0.3 is 14.3 Å². The second-order valence-electron chi connectivity index (χ2n) is 2.92. The molecule has 0 saturated carbocycles. The van der Waals surface area contributed by atoms with Crippen molar-refractivity contribution in [2.45, 2.75) is 6.42 Å². The maximum absolute atomic E-state index is 5.28. The molecule has 0 bridgehead atoms. The van der Waals surface area contributed by atoms with E-state index in [0.29, 0.717) is 18.8 Å². The standard InChI is InChI=1S/C10H14BrNO3/c1-13-9-6-8(11)5-7(3-4-15-12)10(9)14-2/h5-6H,3-4,12H2,1-2H3. The van der Waals surface area contributed by atoms with Gasteiger partial charge in [0.25, 0.3) is 0 Å². The number of ether oxygens (including phenoxy) is 2. The third-order valence-corrected chi connectivity index (χ3v) is 2.47. The summed E-state index contributed by atoms with van der Waals surface area (Å²) in [5, 5.41) is 0. The van der Waals surface area contributed by atoms with Gasteiger partial charge in [-0.25, -0.2) is 5.90 Å². The van der Waals surface area contributed by atoms with Crippen molar-refractivity contribution in [2.75, 3.05) is 20.8 Å². The van der Waals surface area contributed by atoms with Crippen LogP contribution in [0.3, 0.4) is 0 Å². The van der Waals surface area contributed by atoms with Crippen molar-refractivity contribution in [3.63, 3.8) is 0 Å². The first-order valence-electron chi connectivity index (χ1n) is 4.45. The molecule has 0 amide bonds. The van der Waals surface area contributed by atoms with Crippen LogP contribution < -0.4 is 15.4 Å².